The molecule has 0 unspecified atom stereocenters. The molecular weight excluding hydrogens is 248 g/mol. The van der Waals surface area contributed by atoms with Crippen molar-refractivity contribution in [3.63, 3.8) is 0 Å². The standard InChI is InChI=1S/C12H14N4O3/c1-9-7-12(13)14-15(9)5-6-19-11-4-2-3-10(8-11)16(17)18/h2-4,7-8H,5-6H2,1H3,(H2,13,14). The van der Waals surface area contributed by atoms with Gasteiger partial charge in [0.05, 0.1) is 17.5 Å². The number of anilines is 1. The zero-order valence-electron chi connectivity index (χ0n) is 10.4. The molecule has 100 valence electrons. The van der Waals surface area contributed by atoms with E-state index in [1.807, 2.05) is 6.92 Å². The molecule has 0 saturated heterocycles. The van der Waals surface area contributed by atoms with Crippen molar-refractivity contribution in [3.05, 3.63) is 46.1 Å². The number of aryl methyl sites for hydroxylation is 1. The van der Waals surface area contributed by atoms with Crippen molar-refractivity contribution in [2.45, 2.75) is 13.5 Å². The van der Waals surface area contributed by atoms with E-state index in [0.717, 1.165) is 5.69 Å². The average Bonchev–Trinajstić information content (AvgIpc) is 2.68. The molecule has 0 aliphatic rings. The number of nitro benzene ring substituents is 1. The minimum Gasteiger partial charge on any atom is -0.491 e. The number of aromatic nitrogens is 2. The summed E-state index contributed by atoms with van der Waals surface area (Å²) in [5.74, 6) is 0.930. The van der Waals surface area contributed by atoms with E-state index in [1.165, 1.54) is 12.1 Å². The predicted octanol–water partition coefficient (Wildman–Crippen LogP) is 1.76. The van der Waals surface area contributed by atoms with Gasteiger partial charge in [-0.05, 0) is 13.0 Å². The van der Waals surface area contributed by atoms with E-state index in [9.17, 15) is 10.1 Å². The van der Waals surface area contributed by atoms with Gasteiger partial charge in [-0.25, -0.2) is 0 Å². The molecule has 2 rings (SSSR count). The maximum atomic E-state index is 10.6. The van der Waals surface area contributed by atoms with Crippen LogP contribution >= 0.6 is 0 Å². The number of nitro groups is 1. The summed E-state index contributed by atoms with van der Waals surface area (Å²) in [7, 11) is 0. The molecule has 0 radical (unpaired) electrons. The molecule has 7 nitrogen and oxygen atoms in total. The van der Waals surface area contributed by atoms with E-state index in [1.54, 1.807) is 22.9 Å². The zero-order chi connectivity index (χ0) is 13.8. The van der Waals surface area contributed by atoms with Crippen molar-refractivity contribution in [3.8, 4) is 5.75 Å². The maximum absolute atomic E-state index is 10.6. The number of nitrogens with zero attached hydrogens (tertiary/aromatic N) is 3. The summed E-state index contributed by atoms with van der Waals surface area (Å²) in [5, 5.41) is 14.7. The Morgan fingerprint density at radius 2 is 2.26 bits per heavy atom. The topological polar surface area (TPSA) is 96.2 Å². The molecule has 1 heterocycles. The first-order valence-electron chi connectivity index (χ1n) is 5.73. The molecule has 0 spiro atoms. The molecule has 0 fully saturated rings. The quantitative estimate of drug-likeness (QED) is 0.654. The van der Waals surface area contributed by atoms with Crippen molar-refractivity contribution in [2.75, 3.05) is 12.3 Å². The summed E-state index contributed by atoms with van der Waals surface area (Å²) in [6, 6.07) is 7.85. The Bertz CT molecular complexity index is 594. The third-order valence-electron chi connectivity index (χ3n) is 2.60. The summed E-state index contributed by atoms with van der Waals surface area (Å²) in [5.41, 5.74) is 6.52. The van der Waals surface area contributed by atoms with Gasteiger partial charge in [0.2, 0.25) is 0 Å². The number of rotatable bonds is 5. The first kappa shape index (κ1) is 12.9. The minimum absolute atomic E-state index is 0.0111. The van der Waals surface area contributed by atoms with Gasteiger partial charge in [0.25, 0.3) is 5.69 Å². The van der Waals surface area contributed by atoms with Crippen LogP contribution in [0.15, 0.2) is 30.3 Å². The number of benzene rings is 1. The molecule has 19 heavy (non-hydrogen) atoms. The van der Waals surface area contributed by atoms with Crippen LogP contribution in [0.5, 0.6) is 5.75 Å². The van der Waals surface area contributed by atoms with Gasteiger partial charge in [0.1, 0.15) is 18.2 Å². The second-order valence-corrected chi connectivity index (χ2v) is 4.04. The number of nitrogen functional groups attached to an aromatic ring is 1. The lowest BCUT2D eigenvalue weighted by atomic mass is 10.3. The fourth-order valence-corrected chi connectivity index (χ4v) is 1.70. The van der Waals surface area contributed by atoms with Crippen molar-refractivity contribution in [1.82, 2.24) is 9.78 Å². The largest absolute Gasteiger partial charge is 0.491 e. The van der Waals surface area contributed by atoms with Crippen LogP contribution in [0.1, 0.15) is 5.69 Å². The zero-order valence-corrected chi connectivity index (χ0v) is 10.4. The van der Waals surface area contributed by atoms with Crippen LogP contribution < -0.4 is 10.5 Å². The number of non-ortho nitro benzene ring substituents is 1. The normalized spacial score (nSPS) is 10.4. The molecular formula is C12H14N4O3. The fourth-order valence-electron chi connectivity index (χ4n) is 1.70. The molecule has 0 amide bonds. The molecule has 2 N–H and O–H groups in total. The summed E-state index contributed by atoms with van der Waals surface area (Å²) in [6.07, 6.45) is 0. The monoisotopic (exact) mass is 262 g/mol. The third kappa shape index (κ3) is 3.21. The summed E-state index contributed by atoms with van der Waals surface area (Å²) >= 11 is 0. The molecule has 7 heteroatoms. The van der Waals surface area contributed by atoms with Crippen LogP contribution in [0.4, 0.5) is 11.5 Å². The van der Waals surface area contributed by atoms with Crippen molar-refractivity contribution in [1.29, 1.82) is 0 Å². The Morgan fingerprint density at radius 1 is 1.47 bits per heavy atom. The van der Waals surface area contributed by atoms with Crippen molar-refractivity contribution in [2.24, 2.45) is 0 Å². The maximum Gasteiger partial charge on any atom is 0.273 e. The highest BCUT2D eigenvalue weighted by Gasteiger charge is 2.06. The molecule has 0 saturated carbocycles. The van der Waals surface area contributed by atoms with E-state index in [2.05, 4.69) is 5.10 Å². The third-order valence-corrected chi connectivity index (χ3v) is 2.60. The Morgan fingerprint density at radius 3 is 2.89 bits per heavy atom. The van der Waals surface area contributed by atoms with E-state index in [0.29, 0.717) is 24.7 Å². The van der Waals surface area contributed by atoms with Gasteiger partial charge in [-0.2, -0.15) is 5.10 Å². The molecule has 1 aromatic carbocycles. The Balaban J connectivity index is 1.94. The summed E-state index contributed by atoms with van der Waals surface area (Å²) in [6.45, 7) is 2.80. The van der Waals surface area contributed by atoms with Gasteiger partial charge in [-0.1, -0.05) is 6.07 Å². The van der Waals surface area contributed by atoms with Crippen LogP contribution in [-0.4, -0.2) is 21.3 Å². The lowest BCUT2D eigenvalue weighted by molar-refractivity contribution is -0.384. The predicted molar refractivity (Wildman–Crippen MR) is 70.0 cm³/mol. The molecule has 0 bridgehead atoms. The number of nitrogens with two attached hydrogens (primary N) is 1. The lowest BCUT2D eigenvalue weighted by Gasteiger charge is -2.07. The average molecular weight is 262 g/mol. The van der Waals surface area contributed by atoms with Crippen LogP contribution in [0, 0.1) is 17.0 Å². The molecule has 1 aromatic heterocycles. The van der Waals surface area contributed by atoms with Gasteiger partial charge in [-0.3, -0.25) is 14.8 Å². The van der Waals surface area contributed by atoms with E-state index in [4.69, 9.17) is 10.5 Å². The number of ether oxygens (including phenoxy) is 1. The number of hydrogen-bond acceptors (Lipinski definition) is 5. The lowest BCUT2D eigenvalue weighted by Crippen LogP contribution is -2.11. The second kappa shape index (κ2) is 5.38. The minimum atomic E-state index is -0.453. The molecule has 0 aliphatic carbocycles. The summed E-state index contributed by atoms with van der Waals surface area (Å²) < 4.78 is 7.19. The highest BCUT2D eigenvalue weighted by Crippen LogP contribution is 2.19. The Labute approximate surface area is 109 Å². The SMILES string of the molecule is Cc1cc(N)nn1CCOc1cccc([N+](=O)[O-])c1. The highest BCUT2D eigenvalue weighted by atomic mass is 16.6. The van der Waals surface area contributed by atoms with Crippen LogP contribution in [0.2, 0.25) is 0 Å². The van der Waals surface area contributed by atoms with E-state index >= 15 is 0 Å². The highest BCUT2D eigenvalue weighted by molar-refractivity contribution is 5.37. The number of hydrogen-bond donors (Lipinski definition) is 1. The Hall–Kier alpha value is -2.57. The molecule has 0 atom stereocenters. The van der Waals surface area contributed by atoms with Crippen LogP contribution in [-0.2, 0) is 6.54 Å². The van der Waals surface area contributed by atoms with Crippen molar-refractivity contribution < 1.29 is 9.66 Å². The van der Waals surface area contributed by atoms with Crippen LogP contribution in [0.3, 0.4) is 0 Å². The summed E-state index contributed by atoms with van der Waals surface area (Å²) in [4.78, 5) is 10.2. The smallest absolute Gasteiger partial charge is 0.273 e. The Kier molecular flexibility index (Phi) is 3.65. The van der Waals surface area contributed by atoms with Gasteiger partial charge >= 0.3 is 0 Å². The first-order valence-corrected chi connectivity index (χ1v) is 5.73. The van der Waals surface area contributed by atoms with Gasteiger partial charge in [-0.15, -0.1) is 0 Å². The molecule has 2 aromatic rings. The fraction of sp³-hybridized carbons (Fsp3) is 0.250. The van der Waals surface area contributed by atoms with E-state index < -0.39 is 4.92 Å². The second-order valence-electron chi connectivity index (χ2n) is 4.04. The van der Waals surface area contributed by atoms with E-state index in [-0.39, 0.29) is 5.69 Å². The van der Waals surface area contributed by atoms with Gasteiger partial charge < -0.3 is 10.5 Å². The van der Waals surface area contributed by atoms with Gasteiger partial charge in [0.15, 0.2) is 0 Å². The van der Waals surface area contributed by atoms with Gasteiger partial charge in [0, 0.05) is 17.8 Å². The first-order chi connectivity index (χ1) is 9.06. The molecule has 0 aliphatic heterocycles. The van der Waals surface area contributed by atoms with Crippen LogP contribution in [0.25, 0.3) is 0 Å². The van der Waals surface area contributed by atoms with Crippen molar-refractivity contribution >= 4 is 11.5 Å².